The summed E-state index contributed by atoms with van der Waals surface area (Å²) in [5, 5.41) is 10.5. The van der Waals surface area contributed by atoms with E-state index in [2.05, 4.69) is 9.72 Å². The van der Waals surface area contributed by atoms with Gasteiger partial charge in [-0.05, 0) is 6.92 Å². The van der Waals surface area contributed by atoms with Crippen molar-refractivity contribution in [1.82, 2.24) is 4.98 Å². The minimum atomic E-state index is -3.15. The molecule has 0 aliphatic heterocycles. The van der Waals surface area contributed by atoms with Gasteiger partial charge in [0.25, 0.3) is 12.1 Å². The Hall–Kier alpha value is -2.12. The molecule has 1 rings (SSSR count). The van der Waals surface area contributed by atoms with Crippen LogP contribution >= 0.6 is 0 Å². The first-order valence-corrected chi connectivity index (χ1v) is 4.56. The predicted molar refractivity (Wildman–Crippen MR) is 51.8 cm³/mol. The highest BCUT2D eigenvalue weighted by Crippen LogP contribution is 2.31. The largest absolute Gasteiger partial charge is 0.462 e. The minimum Gasteiger partial charge on any atom is -0.462 e. The Morgan fingerprint density at radius 1 is 1.59 bits per heavy atom. The maximum absolute atomic E-state index is 12.7. The molecule has 0 amide bonds. The van der Waals surface area contributed by atoms with Crippen molar-refractivity contribution in [3.63, 3.8) is 0 Å². The Morgan fingerprint density at radius 3 is 2.71 bits per heavy atom. The second-order valence-corrected chi connectivity index (χ2v) is 2.90. The third kappa shape index (κ3) is 2.71. The van der Waals surface area contributed by atoms with Gasteiger partial charge in [0.2, 0.25) is 0 Å². The zero-order chi connectivity index (χ0) is 13.0. The van der Waals surface area contributed by atoms with Crippen molar-refractivity contribution in [2.45, 2.75) is 13.3 Å². The van der Waals surface area contributed by atoms with Gasteiger partial charge < -0.3 is 4.74 Å². The first-order chi connectivity index (χ1) is 7.99. The Morgan fingerprint density at radius 2 is 2.24 bits per heavy atom. The lowest BCUT2D eigenvalue weighted by Crippen LogP contribution is -2.11. The van der Waals surface area contributed by atoms with Crippen LogP contribution in [0.2, 0.25) is 0 Å². The second-order valence-electron chi connectivity index (χ2n) is 2.90. The van der Waals surface area contributed by atoms with Crippen LogP contribution in [0.1, 0.15) is 29.3 Å². The van der Waals surface area contributed by atoms with Crippen molar-refractivity contribution in [1.29, 1.82) is 0 Å². The molecular formula is C9H8F2N2O4. The summed E-state index contributed by atoms with van der Waals surface area (Å²) in [6.45, 7) is 1.47. The summed E-state index contributed by atoms with van der Waals surface area (Å²) in [6.07, 6.45) is -1.66. The van der Waals surface area contributed by atoms with E-state index >= 15 is 0 Å². The molecule has 0 radical (unpaired) electrons. The third-order valence-corrected chi connectivity index (χ3v) is 1.88. The van der Waals surface area contributed by atoms with Crippen molar-refractivity contribution in [3.8, 4) is 0 Å². The number of rotatable bonds is 4. The van der Waals surface area contributed by atoms with Gasteiger partial charge in [-0.3, -0.25) is 15.1 Å². The predicted octanol–water partition coefficient (Wildman–Crippen LogP) is 2.10. The highest BCUT2D eigenvalue weighted by molar-refractivity contribution is 5.92. The number of halogens is 2. The molecule has 0 aliphatic carbocycles. The van der Waals surface area contributed by atoms with E-state index in [1.54, 1.807) is 0 Å². The van der Waals surface area contributed by atoms with Gasteiger partial charge in [-0.25, -0.2) is 13.6 Å². The van der Waals surface area contributed by atoms with Gasteiger partial charge in [-0.15, -0.1) is 0 Å². The summed E-state index contributed by atoms with van der Waals surface area (Å²) in [5.74, 6) is -1.06. The molecule has 6 nitrogen and oxygen atoms in total. The van der Waals surface area contributed by atoms with Gasteiger partial charge in [0, 0.05) is 6.20 Å². The maximum Gasteiger partial charge on any atom is 0.340 e. The fourth-order valence-corrected chi connectivity index (χ4v) is 1.21. The van der Waals surface area contributed by atoms with Crippen molar-refractivity contribution < 1.29 is 23.2 Å². The van der Waals surface area contributed by atoms with Gasteiger partial charge in [-0.1, -0.05) is 0 Å². The first-order valence-electron chi connectivity index (χ1n) is 4.56. The number of nitro groups is 1. The molecule has 0 fully saturated rings. The van der Waals surface area contributed by atoms with E-state index < -0.39 is 34.1 Å². The molecule has 0 unspecified atom stereocenters. The molecule has 0 spiro atoms. The number of nitrogens with zero attached hydrogens (tertiary/aromatic N) is 2. The monoisotopic (exact) mass is 246 g/mol. The van der Waals surface area contributed by atoms with E-state index in [-0.39, 0.29) is 6.61 Å². The van der Waals surface area contributed by atoms with E-state index in [0.29, 0.717) is 6.20 Å². The number of ether oxygens (including phenoxy) is 1. The lowest BCUT2D eigenvalue weighted by molar-refractivity contribution is -0.386. The second kappa shape index (κ2) is 5.28. The molecule has 0 saturated carbocycles. The SMILES string of the molecule is CCOC(=O)c1cncc([N+](=O)[O-])c1C(F)F. The van der Waals surface area contributed by atoms with E-state index in [1.807, 2.05) is 0 Å². The van der Waals surface area contributed by atoms with Gasteiger partial charge >= 0.3 is 5.97 Å². The van der Waals surface area contributed by atoms with E-state index in [9.17, 15) is 23.7 Å². The average Bonchev–Trinajstić information content (AvgIpc) is 2.28. The normalized spacial score (nSPS) is 10.4. The molecule has 1 heterocycles. The Labute approximate surface area is 94.4 Å². The van der Waals surface area contributed by atoms with Crippen LogP contribution in [0.5, 0.6) is 0 Å². The molecule has 0 aliphatic rings. The third-order valence-electron chi connectivity index (χ3n) is 1.88. The number of alkyl halides is 2. The molecule has 92 valence electrons. The fraction of sp³-hybridized carbons (Fsp3) is 0.333. The van der Waals surface area contributed by atoms with Crippen LogP contribution < -0.4 is 0 Å². The van der Waals surface area contributed by atoms with Crippen molar-refractivity contribution >= 4 is 11.7 Å². The molecule has 1 aromatic heterocycles. The smallest absolute Gasteiger partial charge is 0.340 e. The summed E-state index contributed by atoms with van der Waals surface area (Å²) in [6, 6.07) is 0. The maximum atomic E-state index is 12.7. The standard InChI is InChI=1S/C9H8F2N2O4/c1-2-17-9(14)5-3-12-4-6(13(15)16)7(5)8(10)11/h3-4,8H,2H2,1H3. The number of carbonyl (C=O) groups excluding carboxylic acids is 1. The molecule has 8 heteroatoms. The van der Waals surface area contributed by atoms with Gasteiger partial charge in [0.1, 0.15) is 11.8 Å². The lowest BCUT2D eigenvalue weighted by atomic mass is 10.1. The van der Waals surface area contributed by atoms with Crippen molar-refractivity contribution in [2.24, 2.45) is 0 Å². The molecule has 0 atom stereocenters. The fourth-order valence-electron chi connectivity index (χ4n) is 1.21. The van der Waals surface area contributed by atoms with Gasteiger partial charge in [-0.2, -0.15) is 0 Å². The average molecular weight is 246 g/mol. The molecule has 0 bridgehead atoms. The molecule has 0 aromatic carbocycles. The molecular weight excluding hydrogens is 238 g/mol. The number of pyridine rings is 1. The number of hydrogen-bond acceptors (Lipinski definition) is 5. The Kier molecular flexibility index (Phi) is 4.02. The Bertz CT molecular complexity index is 451. The molecule has 1 aromatic rings. The van der Waals surface area contributed by atoms with E-state index in [4.69, 9.17) is 0 Å². The molecule has 0 saturated heterocycles. The number of aromatic nitrogens is 1. The first kappa shape index (κ1) is 12.9. The number of esters is 1. The summed E-state index contributed by atoms with van der Waals surface area (Å²) in [7, 11) is 0. The minimum absolute atomic E-state index is 0.0236. The summed E-state index contributed by atoms with van der Waals surface area (Å²) < 4.78 is 29.9. The quantitative estimate of drug-likeness (QED) is 0.461. The lowest BCUT2D eigenvalue weighted by Gasteiger charge is -2.07. The molecule has 0 N–H and O–H groups in total. The summed E-state index contributed by atoms with van der Waals surface area (Å²) in [5.41, 5.74) is -2.45. The van der Waals surface area contributed by atoms with Crippen LogP contribution in [0.4, 0.5) is 14.5 Å². The van der Waals surface area contributed by atoms with Crippen LogP contribution in [-0.4, -0.2) is 22.5 Å². The van der Waals surface area contributed by atoms with Crippen LogP contribution in [0, 0.1) is 10.1 Å². The van der Waals surface area contributed by atoms with E-state index in [0.717, 1.165) is 6.20 Å². The van der Waals surface area contributed by atoms with Crippen molar-refractivity contribution in [2.75, 3.05) is 6.61 Å². The van der Waals surface area contributed by atoms with Gasteiger partial charge in [0.15, 0.2) is 0 Å². The van der Waals surface area contributed by atoms with Gasteiger partial charge in [0.05, 0.1) is 17.1 Å². The zero-order valence-electron chi connectivity index (χ0n) is 8.72. The summed E-state index contributed by atoms with van der Waals surface area (Å²) >= 11 is 0. The van der Waals surface area contributed by atoms with Crippen LogP contribution in [-0.2, 0) is 4.74 Å². The number of carbonyl (C=O) groups is 1. The highest BCUT2D eigenvalue weighted by Gasteiger charge is 2.29. The van der Waals surface area contributed by atoms with E-state index in [1.165, 1.54) is 6.92 Å². The van der Waals surface area contributed by atoms with Crippen LogP contribution in [0.3, 0.4) is 0 Å². The zero-order valence-corrected chi connectivity index (χ0v) is 8.72. The Balaban J connectivity index is 3.35. The van der Waals surface area contributed by atoms with Crippen molar-refractivity contribution in [3.05, 3.63) is 33.6 Å². The van der Waals surface area contributed by atoms with Crippen LogP contribution in [0.25, 0.3) is 0 Å². The number of hydrogen-bond donors (Lipinski definition) is 0. The summed E-state index contributed by atoms with van der Waals surface area (Å²) in [4.78, 5) is 24.2. The van der Waals surface area contributed by atoms with Crippen LogP contribution in [0.15, 0.2) is 12.4 Å². The molecule has 17 heavy (non-hydrogen) atoms. The highest BCUT2D eigenvalue weighted by atomic mass is 19.3. The topological polar surface area (TPSA) is 82.3 Å².